The SMILES string of the molecule is COc1ccccc1C(NC(=O)/C=C/c1csc(-c2ccc(F)cc2)n1)c1nccn1C. The number of amides is 1. The zero-order chi connectivity index (χ0) is 22.5. The number of aromatic nitrogens is 3. The number of hydrogen-bond donors (Lipinski definition) is 1. The zero-order valence-electron chi connectivity index (χ0n) is 17.5. The molecule has 4 rings (SSSR count). The van der Waals surface area contributed by atoms with Crippen molar-refractivity contribution >= 4 is 23.3 Å². The van der Waals surface area contributed by atoms with Gasteiger partial charge >= 0.3 is 0 Å². The predicted molar refractivity (Wildman–Crippen MR) is 123 cm³/mol. The lowest BCUT2D eigenvalue weighted by Crippen LogP contribution is -2.30. The van der Waals surface area contributed by atoms with Crippen LogP contribution < -0.4 is 10.1 Å². The normalized spacial score (nSPS) is 12.1. The molecule has 8 heteroatoms. The molecule has 0 fully saturated rings. The highest BCUT2D eigenvalue weighted by molar-refractivity contribution is 7.13. The Morgan fingerprint density at radius 1 is 1.22 bits per heavy atom. The maximum atomic E-state index is 13.1. The number of aryl methyl sites for hydroxylation is 1. The molecule has 1 amide bonds. The molecule has 0 radical (unpaired) electrons. The summed E-state index contributed by atoms with van der Waals surface area (Å²) in [6, 6.07) is 13.2. The second-order valence-corrected chi connectivity index (χ2v) is 7.86. The van der Waals surface area contributed by atoms with Crippen molar-refractivity contribution in [3.05, 3.63) is 95.3 Å². The Morgan fingerprint density at radius 2 is 2.00 bits per heavy atom. The molecule has 0 saturated carbocycles. The van der Waals surface area contributed by atoms with Gasteiger partial charge in [0, 0.05) is 42.0 Å². The van der Waals surface area contributed by atoms with Crippen LogP contribution in [0.3, 0.4) is 0 Å². The largest absolute Gasteiger partial charge is 0.496 e. The summed E-state index contributed by atoms with van der Waals surface area (Å²) in [6.07, 6.45) is 6.60. The standard InChI is InChI=1S/C24H21FN4O2S/c1-29-14-13-26-23(29)22(19-5-3-4-6-20(19)31-2)28-21(30)12-11-18-15-32-24(27-18)16-7-9-17(25)10-8-16/h3-15,22H,1-2H3,(H,28,30)/b12-11+. The molecule has 1 atom stereocenters. The number of nitrogens with one attached hydrogen (secondary N) is 1. The van der Waals surface area contributed by atoms with Gasteiger partial charge in [-0.25, -0.2) is 14.4 Å². The number of imidazole rings is 1. The highest BCUT2D eigenvalue weighted by atomic mass is 32.1. The first-order valence-corrected chi connectivity index (χ1v) is 10.7. The number of para-hydroxylation sites is 1. The number of thiazole rings is 1. The molecule has 162 valence electrons. The van der Waals surface area contributed by atoms with Gasteiger partial charge < -0.3 is 14.6 Å². The van der Waals surface area contributed by atoms with Gasteiger partial charge in [0.1, 0.15) is 28.4 Å². The number of nitrogens with zero attached hydrogens (tertiary/aromatic N) is 3. The minimum Gasteiger partial charge on any atom is -0.496 e. The number of carbonyl (C=O) groups excluding carboxylic acids is 1. The van der Waals surface area contributed by atoms with E-state index in [1.54, 1.807) is 31.5 Å². The molecule has 2 aromatic carbocycles. The van der Waals surface area contributed by atoms with Gasteiger partial charge in [-0.3, -0.25) is 4.79 Å². The number of hydrogen-bond acceptors (Lipinski definition) is 5. The van der Waals surface area contributed by atoms with Crippen LogP contribution in [0.5, 0.6) is 5.75 Å². The van der Waals surface area contributed by atoms with Crippen LogP contribution in [-0.4, -0.2) is 27.6 Å². The van der Waals surface area contributed by atoms with Gasteiger partial charge in [0.15, 0.2) is 0 Å². The van der Waals surface area contributed by atoms with Gasteiger partial charge in [-0.05, 0) is 36.4 Å². The quantitative estimate of drug-likeness (QED) is 0.419. The van der Waals surface area contributed by atoms with Gasteiger partial charge in [-0.1, -0.05) is 18.2 Å². The third-order valence-electron chi connectivity index (χ3n) is 4.87. The fraction of sp³-hybridized carbons (Fsp3) is 0.125. The average molecular weight is 449 g/mol. The molecule has 2 aromatic heterocycles. The summed E-state index contributed by atoms with van der Waals surface area (Å²) in [5.74, 6) is 0.761. The van der Waals surface area contributed by atoms with Crippen molar-refractivity contribution < 1.29 is 13.9 Å². The highest BCUT2D eigenvalue weighted by Gasteiger charge is 2.23. The molecule has 0 aliphatic heterocycles. The first kappa shape index (κ1) is 21.5. The van der Waals surface area contributed by atoms with Crippen molar-refractivity contribution in [2.24, 2.45) is 7.05 Å². The fourth-order valence-corrected chi connectivity index (χ4v) is 4.07. The zero-order valence-corrected chi connectivity index (χ0v) is 18.3. The molecule has 0 bridgehead atoms. The van der Waals surface area contributed by atoms with E-state index in [-0.39, 0.29) is 11.7 Å². The predicted octanol–water partition coefficient (Wildman–Crippen LogP) is 4.61. The van der Waals surface area contributed by atoms with E-state index in [0.29, 0.717) is 17.3 Å². The smallest absolute Gasteiger partial charge is 0.244 e. The van der Waals surface area contributed by atoms with E-state index in [1.807, 2.05) is 47.5 Å². The molecule has 1 unspecified atom stereocenters. The lowest BCUT2D eigenvalue weighted by atomic mass is 10.0. The summed E-state index contributed by atoms with van der Waals surface area (Å²) in [7, 11) is 3.47. The van der Waals surface area contributed by atoms with Gasteiger partial charge in [0.25, 0.3) is 0 Å². The molecule has 32 heavy (non-hydrogen) atoms. The van der Waals surface area contributed by atoms with Crippen molar-refractivity contribution in [3.8, 4) is 16.3 Å². The molecule has 6 nitrogen and oxygen atoms in total. The van der Waals surface area contributed by atoms with Crippen LogP contribution in [-0.2, 0) is 11.8 Å². The number of carbonyl (C=O) groups is 1. The van der Waals surface area contributed by atoms with Crippen LogP contribution >= 0.6 is 11.3 Å². The van der Waals surface area contributed by atoms with Gasteiger partial charge in [0.05, 0.1) is 12.8 Å². The van der Waals surface area contributed by atoms with E-state index in [2.05, 4.69) is 15.3 Å². The molecule has 1 N–H and O–H groups in total. The Hall–Kier alpha value is -3.78. The Bertz CT molecular complexity index is 1250. The second kappa shape index (κ2) is 9.57. The maximum absolute atomic E-state index is 13.1. The molecular weight excluding hydrogens is 427 g/mol. The summed E-state index contributed by atoms with van der Waals surface area (Å²) >= 11 is 1.43. The summed E-state index contributed by atoms with van der Waals surface area (Å²) < 4.78 is 20.5. The van der Waals surface area contributed by atoms with Crippen LogP contribution in [0.4, 0.5) is 4.39 Å². The average Bonchev–Trinajstić information content (AvgIpc) is 3.46. The van der Waals surface area contributed by atoms with Crippen LogP contribution in [0.1, 0.15) is 23.1 Å². The fourth-order valence-electron chi connectivity index (χ4n) is 3.28. The summed E-state index contributed by atoms with van der Waals surface area (Å²) in [5, 5.41) is 5.61. The van der Waals surface area contributed by atoms with E-state index in [0.717, 1.165) is 16.1 Å². The van der Waals surface area contributed by atoms with Crippen molar-refractivity contribution in [1.82, 2.24) is 19.9 Å². The number of ether oxygens (including phenoxy) is 1. The van der Waals surface area contributed by atoms with Crippen LogP contribution in [0, 0.1) is 5.82 Å². The molecule has 0 aliphatic rings. The Labute approximate surface area is 189 Å². The minimum absolute atomic E-state index is 0.291. The summed E-state index contributed by atoms with van der Waals surface area (Å²) in [4.78, 5) is 21.7. The Kier molecular flexibility index (Phi) is 6.42. The van der Waals surface area contributed by atoms with E-state index < -0.39 is 6.04 Å². The molecular formula is C24H21FN4O2S. The number of benzene rings is 2. The minimum atomic E-state index is -0.492. The number of rotatable bonds is 7. The highest BCUT2D eigenvalue weighted by Crippen LogP contribution is 2.29. The molecule has 0 saturated heterocycles. The van der Waals surface area contributed by atoms with Crippen LogP contribution in [0.15, 0.2) is 72.4 Å². The monoisotopic (exact) mass is 448 g/mol. The van der Waals surface area contributed by atoms with Gasteiger partial charge in [0.2, 0.25) is 5.91 Å². The van der Waals surface area contributed by atoms with E-state index in [9.17, 15) is 9.18 Å². The Balaban J connectivity index is 1.54. The first-order chi connectivity index (χ1) is 15.5. The summed E-state index contributed by atoms with van der Waals surface area (Å²) in [6.45, 7) is 0. The first-order valence-electron chi connectivity index (χ1n) is 9.85. The molecule has 0 aliphatic carbocycles. The van der Waals surface area contributed by atoms with E-state index >= 15 is 0 Å². The van der Waals surface area contributed by atoms with Crippen molar-refractivity contribution in [2.75, 3.05) is 7.11 Å². The lowest BCUT2D eigenvalue weighted by Gasteiger charge is -2.20. The van der Waals surface area contributed by atoms with E-state index in [1.165, 1.54) is 29.5 Å². The van der Waals surface area contributed by atoms with Gasteiger partial charge in [-0.15, -0.1) is 11.3 Å². The Morgan fingerprint density at radius 3 is 2.72 bits per heavy atom. The van der Waals surface area contributed by atoms with Crippen molar-refractivity contribution in [2.45, 2.75) is 6.04 Å². The van der Waals surface area contributed by atoms with E-state index in [4.69, 9.17) is 4.74 Å². The van der Waals surface area contributed by atoms with Crippen LogP contribution in [0.2, 0.25) is 0 Å². The lowest BCUT2D eigenvalue weighted by molar-refractivity contribution is -0.117. The number of methoxy groups -OCH3 is 1. The molecule has 0 spiro atoms. The molecule has 2 heterocycles. The molecule has 4 aromatic rings. The third kappa shape index (κ3) is 4.76. The van der Waals surface area contributed by atoms with Crippen molar-refractivity contribution in [3.63, 3.8) is 0 Å². The van der Waals surface area contributed by atoms with Gasteiger partial charge in [-0.2, -0.15) is 0 Å². The number of halogens is 1. The maximum Gasteiger partial charge on any atom is 0.244 e. The van der Waals surface area contributed by atoms with Crippen LogP contribution in [0.25, 0.3) is 16.6 Å². The van der Waals surface area contributed by atoms with Crippen molar-refractivity contribution in [1.29, 1.82) is 0 Å². The topological polar surface area (TPSA) is 69.0 Å². The third-order valence-corrected chi connectivity index (χ3v) is 5.78. The summed E-state index contributed by atoms with van der Waals surface area (Å²) in [5.41, 5.74) is 2.28. The second-order valence-electron chi connectivity index (χ2n) is 7.00.